The monoisotopic (exact) mass is 143 g/mol. The van der Waals surface area contributed by atoms with E-state index >= 15 is 0 Å². The highest BCUT2D eigenvalue weighted by Gasteiger charge is 2.30. The van der Waals surface area contributed by atoms with Crippen molar-refractivity contribution in [3.63, 3.8) is 0 Å². The van der Waals surface area contributed by atoms with Gasteiger partial charge in [-0.25, -0.2) is 0 Å². The van der Waals surface area contributed by atoms with Crippen LogP contribution < -0.4 is 5.73 Å². The molecule has 0 heterocycles. The molecule has 0 saturated heterocycles. The van der Waals surface area contributed by atoms with Gasteiger partial charge in [0.25, 0.3) is 0 Å². The molecule has 1 unspecified atom stereocenters. The van der Waals surface area contributed by atoms with Crippen molar-refractivity contribution in [2.45, 2.75) is 44.8 Å². The SMILES string of the molecule is CC(C)(O)C(N)CC1CC1. The largest absolute Gasteiger partial charge is 0.389 e. The molecule has 0 bridgehead atoms. The molecular formula is C8H17NO. The van der Waals surface area contributed by atoms with Crippen LogP contribution >= 0.6 is 0 Å². The minimum Gasteiger partial charge on any atom is -0.389 e. The minimum atomic E-state index is -0.692. The predicted octanol–water partition coefficient (Wildman–Crippen LogP) is 0.885. The highest BCUT2D eigenvalue weighted by atomic mass is 16.3. The summed E-state index contributed by atoms with van der Waals surface area (Å²) in [5.41, 5.74) is 5.05. The van der Waals surface area contributed by atoms with Crippen molar-refractivity contribution in [1.29, 1.82) is 0 Å². The van der Waals surface area contributed by atoms with Crippen molar-refractivity contribution in [2.24, 2.45) is 11.7 Å². The maximum atomic E-state index is 9.44. The lowest BCUT2D eigenvalue weighted by Gasteiger charge is -2.25. The summed E-state index contributed by atoms with van der Waals surface area (Å²) < 4.78 is 0. The number of hydrogen-bond acceptors (Lipinski definition) is 2. The summed E-state index contributed by atoms with van der Waals surface area (Å²) in [6, 6.07) is -0.0417. The summed E-state index contributed by atoms with van der Waals surface area (Å²) in [5.74, 6) is 0.807. The van der Waals surface area contributed by atoms with Crippen molar-refractivity contribution < 1.29 is 5.11 Å². The van der Waals surface area contributed by atoms with E-state index in [1.54, 1.807) is 13.8 Å². The highest BCUT2D eigenvalue weighted by Crippen LogP contribution is 2.34. The second kappa shape index (κ2) is 2.51. The van der Waals surface area contributed by atoms with Gasteiger partial charge < -0.3 is 10.8 Å². The molecule has 0 aromatic carbocycles. The van der Waals surface area contributed by atoms with Gasteiger partial charge in [-0.2, -0.15) is 0 Å². The second-order valence-electron chi connectivity index (χ2n) is 3.94. The van der Waals surface area contributed by atoms with E-state index in [9.17, 15) is 5.11 Å². The van der Waals surface area contributed by atoms with Gasteiger partial charge in [-0.05, 0) is 26.2 Å². The quantitative estimate of drug-likeness (QED) is 0.616. The van der Waals surface area contributed by atoms with Crippen molar-refractivity contribution in [1.82, 2.24) is 0 Å². The van der Waals surface area contributed by atoms with E-state index in [2.05, 4.69) is 0 Å². The maximum Gasteiger partial charge on any atom is 0.0742 e. The summed E-state index contributed by atoms with van der Waals surface area (Å²) in [6.45, 7) is 3.56. The number of hydrogen-bond donors (Lipinski definition) is 2. The average molecular weight is 143 g/mol. The molecule has 10 heavy (non-hydrogen) atoms. The Bertz CT molecular complexity index is 113. The van der Waals surface area contributed by atoms with Gasteiger partial charge in [0.15, 0.2) is 0 Å². The molecule has 2 nitrogen and oxygen atoms in total. The Morgan fingerprint density at radius 3 is 2.40 bits per heavy atom. The molecule has 1 aliphatic rings. The van der Waals surface area contributed by atoms with Crippen molar-refractivity contribution in [3.05, 3.63) is 0 Å². The maximum absolute atomic E-state index is 9.44. The van der Waals surface area contributed by atoms with Crippen molar-refractivity contribution in [2.75, 3.05) is 0 Å². The standard InChI is InChI=1S/C8H17NO/c1-8(2,10)7(9)5-6-3-4-6/h6-7,10H,3-5,9H2,1-2H3. The first-order chi connectivity index (χ1) is 4.50. The Morgan fingerprint density at radius 1 is 1.60 bits per heavy atom. The molecule has 1 atom stereocenters. The molecule has 0 aromatic heterocycles. The van der Waals surface area contributed by atoms with E-state index in [0.29, 0.717) is 0 Å². The van der Waals surface area contributed by atoms with Gasteiger partial charge in [0.1, 0.15) is 0 Å². The van der Waals surface area contributed by atoms with E-state index < -0.39 is 5.60 Å². The van der Waals surface area contributed by atoms with Crippen LogP contribution in [0, 0.1) is 5.92 Å². The van der Waals surface area contributed by atoms with Crippen LogP contribution in [0.2, 0.25) is 0 Å². The molecule has 1 saturated carbocycles. The molecule has 3 N–H and O–H groups in total. The van der Waals surface area contributed by atoms with Gasteiger partial charge in [0.2, 0.25) is 0 Å². The summed E-state index contributed by atoms with van der Waals surface area (Å²) in [6.07, 6.45) is 3.61. The van der Waals surface area contributed by atoms with Crippen LogP contribution in [-0.2, 0) is 0 Å². The highest BCUT2D eigenvalue weighted by molar-refractivity contribution is 4.86. The fourth-order valence-electron chi connectivity index (χ4n) is 1.00. The fraction of sp³-hybridized carbons (Fsp3) is 1.00. The van der Waals surface area contributed by atoms with Gasteiger partial charge >= 0.3 is 0 Å². The predicted molar refractivity (Wildman–Crippen MR) is 41.6 cm³/mol. The summed E-state index contributed by atoms with van der Waals surface area (Å²) in [4.78, 5) is 0. The Hall–Kier alpha value is -0.0800. The molecule has 0 amide bonds. The first-order valence-corrected chi connectivity index (χ1v) is 3.98. The van der Waals surface area contributed by atoms with Crippen molar-refractivity contribution >= 4 is 0 Å². The molecule has 60 valence electrons. The third-order valence-electron chi connectivity index (χ3n) is 2.19. The smallest absolute Gasteiger partial charge is 0.0742 e. The lowest BCUT2D eigenvalue weighted by atomic mass is 9.95. The third-order valence-corrected chi connectivity index (χ3v) is 2.19. The molecule has 0 radical (unpaired) electrons. The molecule has 0 aliphatic heterocycles. The molecule has 1 aliphatic carbocycles. The average Bonchev–Trinajstić information content (AvgIpc) is 2.47. The first kappa shape index (κ1) is 8.02. The van der Waals surface area contributed by atoms with Crippen LogP contribution in [0.15, 0.2) is 0 Å². The van der Waals surface area contributed by atoms with E-state index in [1.807, 2.05) is 0 Å². The van der Waals surface area contributed by atoms with Gasteiger partial charge in [0.05, 0.1) is 5.60 Å². The Kier molecular flexibility index (Phi) is 2.02. The molecule has 2 heteroatoms. The molecule has 1 rings (SSSR count). The first-order valence-electron chi connectivity index (χ1n) is 3.98. The van der Waals surface area contributed by atoms with Gasteiger partial charge in [0, 0.05) is 6.04 Å². The molecule has 0 aromatic rings. The van der Waals surface area contributed by atoms with Gasteiger partial charge in [-0.1, -0.05) is 12.8 Å². The lowest BCUT2D eigenvalue weighted by molar-refractivity contribution is 0.0472. The van der Waals surface area contributed by atoms with Crippen LogP contribution in [0.3, 0.4) is 0 Å². The van der Waals surface area contributed by atoms with Crippen LogP contribution in [0.25, 0.3) is 0 Å². The second-order valence-corrected chi connectivity index (χ2v) is 3.94. The third kappa shape index (κ3) is 2.27. The summed E-state index contributed by atoms with van der Waals surface area (Å²) >= 11 is 0. The Balaban J connectivity index is 2.25. The number of aliphatic hydroxyl groups is 1. The fourth-order valence-corrected chi connectivity index (χ4v) is 1.00. The molecule has 1 fully saturated rings. The summed E-state index contributed by atoms with van der Waals surface area (Å²) in [7, 11) is 0. The van der Waals surface area contributed by atoms with Crippen LogP contribution in [-0.4, -0.2) is 16.7 Å². The van der Waals surface area contributed by atoms with E-state index in [4.69, 9.17) is 5.73 Å². The topological polar surface area (TPSA) is 46.2 Å². The normalized spacial score (nSPS) is 22.8. The van der Waals surface area contributed by atoms with E-state index in [-0.39, 0.29) is 6.04 Å². The van der Waals surface area contributed by atoms with Gasteiger partial charge in [-0.15, -0.1) is 0 Å². The zero-order chi connectivity index (χ0) is 7.78. The Labute approximate surface area is 62.4 Å². The summed E-state index contributed by atoms with van der Waals surface area (Å²) in [5, 5.41) is 9.44. The van der Waals surface area contributed by atoms with Crippen molar-refractivity contribution in [3.8, 4) is 0 Å². The lowest BCUT2D eigenvalue weighted by Crippen LogP contribution is -2.43. The van der Waals surface area contributed by atoms with Crippen LogP contribution in [0.1, 0.15) is 33.1 Å². The zero-order valence-corrected chi connectivity index (χ0v) is 6.80. The van der Waals surface area contributed by atoms with Crippen LogP contribution in [0.5, 0.6) is 0 Å². The van der Waals surface area contributed by atoms with Crippen LogP contribution in [0.4, 0.5) is 0 Å². The zero-order valence-electron chi connectivity index (χ0n) is 6.80. The molecular weight excluding hydrogens is 126 g/mol. The number of rotatable bonds is 3. The van der Waals surface area contributed by atoms with E-state index in [1.165, 1.54) is 12.8 Å². The van der Waals surface area contributed by atoms with E-state index in [0.717, 1.165) is 12.3 Å². The van der Waals surface area contributed by atoms with Gasteiger partial charge in [-0.3, -0.25) is 0 Å². The molecule has 0 spiro atoms. The Morgan fingerprint density at radius 2 is 2.10 bits per heavy atom. The minimum absolute atomic E-state index is 0.0417. The number of nitrogens with two attached hydrogens (primary N) is 1.